The van der Waals surface area contributed by atoms with E-state index < -0.39 is 28.4 Å². The predicted octanol–water partition coefficient (Wildman–Crippen LogP) is 2.97. The molecule has 2 aromatic rings. The lowest BCUT2D eigenvalue weighted by Crippen LogP contribution is -2.37. The lowest BCUT2D eigenvalue weighted by molar-refractivity contribution is -0.145. The Kier molecular flexibility index (Phi) is 5.56. The number of benzene rings is 2. The van der Waals surface area contributed by atoms with Crippen molar-refractivity contribution in [2.75, 3.05) is 10.8 Å². The summed E-state index contributed by atoms with van der Waals surface area (Å²) in [6, 6.07) is 12.6. The number of esters is 1. The molecule has 0 bridgehead atoms. The molecular formula is C17H18FNO4S. The van der Waals surface area contributed by atoms with Crippen LogP contribution in [0.25, 0.3) is 0 Å². The van der Waals surface area contributed by atoms with Crippen molar-refractivity contribution < 1.29 is 22.3 Å². The number of rotatable bonds is 6. The summed E-state index contributed by atoms with van der Waals surface area (Å²) in [6.45, 7) is 2.89. The summed E-state index contributed by atoms with van der Waals surface area (Å²) in [5.74, 6) is -1.21. The Bertz CT molecular complexity index is 789. The highest BCUT2D eigenvalue weighted by molar-refractivity contribution is 7.92. The Morgan fingerprint density at radius 3 is 2.21 bits per heavy atom. The van der Waals surface area contributed by atoms with Gasteiger partial charge in [0.05, 0.1) is 16.7 Å². The molecule has 0 unspecified atom stereocenters. The van der Waals surface area contributed by atoms with Crippen LogP contribution in [0, 0.1) is 5.82 Å². The van der Waals surface area contributed by atoms with Crippen LogP contribution < -0.4 is 4.31 Å². The quantitative estimate of drug-likeness (QED) is 0.751. The second kappa shape index (κ2) is 7.44. The van der Waals surface area contributed by atoms with Gasteiger partial charge in [0.1, 0.15) is 12.4 Å². The lowest BCUT2D eigenvalue weighted by atomic mass is 10.3. The van der Waals surface area contributed by atoms with E-state index in [0.29, 0.717) is 5.69 Å². The Hall–Kier alpha value is -2.41. The molecule has 0 N–H and O–H groups in total. The van der Waals surface area contributed by atoms with Crippen LogP contribution in [0.3, 0.4) is 0 Å². The first kappa shape index (κ1) is 17.9. The van der Waals surface area contributed by atoms with Crippen LogP contribution in [0.5, 0.6) is 0 Å². The number of nitrogens with zero attached hydrogens (tertiary/aromatic N) is 1. The van der Waals surface area contributed by atoms with Crippen molar-refractivity contribution in [2.24, 2.45) is 0 Å². The highest BCUT2D eigenvalue weighted by atomic mass is 32.2. The average molecular weight is 351 g/mol. The van der Waals surface area contributed by atoms with E-state index in [9.17, 15) is 17.6 Å². The first-order valence-electron chi connectivity index (χ1n) is 7.33. The van der Waals surface area contributed by atoms with Crippen LogP contribution in [0.15, 0.2) is 59.5 Å². The first-order chi connectivity index (χ1) is 11.3. The molecule has 24 heavy (non-hydrogen) atoms. The molecule has 7 heteroatoms. The molecular weight excluding hydrogens is 333 g/mol. The fourth-order valence-electron chi connectivity index (χ4n) is 2.06. The number of hydrogen-bond acceptors (Lipinski definition) is 4. The van der Waals surface area contributed by atoms with Gasteiger partial charge < -0.3 is 4.74 Å². The lowest BCUT2D eigenvalue weighted by Gasteiger charge is -2.24. The van der Waals surface area contributed by atoms with Gasteiger partial charge in [-0.25, -0.2) is 12.8 Å². The number of carbonyl (C=O) groups is 1. The monoisotopic (exact) mass is 351 g/mol. The van der Waals surface area contributed by atoms with Crippen LogP contribution in [0.2, 0.25) is 0 Å². The molecule has 5 nitrogen and oxygen atoms in total. The molecule has 0 spiro atoms. The number of sulfonamides is 1. The number of anilines is 1. The Morgan fingerprint density at radius 1 is 1.08 bits per heavy atom. The molecule has 0 aliphatic carbocycles. The number of hydrogen-bond donors (Lipinski definition) is 0. The molecule has 0 saturated heterocycles. The van der Waals surface area contributed by atoms with Gasteiger partial charge in [-0.2, -0.15) is 0 Å². The molecule has 0 amide bonds. The van der Waals surface area contributed by atoms with Crippen molar-refractivity contribution in [3.8, 4) is 0 Å². The zero-order chi connectivity index (χ0) is 17.7. The highest BCUT2D eigenvalue weighted by Gasteiger charge is 2.28. The van der Waals surface area contributed by atoms with Gasteiger partial charge in [0.15, 0.2) is 0 Å². The third kappa shape index (κ3) is 4.32. The van der Waals surface area contributed by atoms with Gasteiger partial charge in [-0.1, -0.05) is 18.2 Å². The van der Waals surface area contributed by atoms with Crippen molar-refractivity contribution in [2.45, 2.75) is 24.8 Å². The molecule has 2 rings (SSSR count). The molecule has 128 valence electrons. The van der Waals surface area contributed by atoms with Crippen molar-refractivity contribution in [3.63, 3.8) is 0 Å². The minimum absolute atomic E-state index is 0.106. The first-order valence-corrected chi connectivity index (χ1v) is 8.77. The largest absolute Gasteiger partial charge is 0.462 e. The molecule has 0 fully saturated rings. The van der Waals surface area contributed by atoms with E-state index in [1.807, 2.05) is 0 Å². The second-order valence-corrected chi connectivity index (χ2v) is 7.20. The Morgan fingerprint density at radius 2 is 1.67 bits per heavy atom. The minimum Gasteiger partial charge on any atom is -0.462 e. The molecule has 0 saturated carbocycles. The van der Waals surface area contributed by atoms with Crippen molar-refractivity contribution in [3.05, 3.63) is 60.4 Å². The molecule has 0 radical (unpaired) electrons. The Labute approximate surface area is 140 Å². The van der Waals surface area contributed by atoms with Crippen LogP contribution in [-0.2, 0) is 19.6 Å². The molecule has 0 aliphatic rings. The van der Waals surface area contributed by atoms with E-state index in [2.05, 4.69) is 0 Å². The minimum atomic E-state index is -4.04. The number of halogens is 1. The smallest absolute Gasteiger partial charge is 0.327 e. The van der Waals surface area contributed by atoms with E-state index in [-0.39, 0.29) is 11.0 Å². The summed E-state index contributed by atoms with van der Waals surface area (Å²) in [7, 11) is -4.04. The van der Waals surface area contributed by atoms with Crippen molar-refractivity contribution in [1.29, 1.82) is 0 Å². The zero-order valence-electron chi connectivity index (χ0n) is 13.3. The van der Waals surface area contributed by atoms with Gasteiger partial charge in [0.25, 0.3) is 10.0 Å². The Balaban J connectivity index is 2.41. The van der Waals surface area contributed by atoms with E-state index in [0.717, 1.165) is 28.6 Å². The zero-order valence-corrected chi connectivity index (χ0v) is 14.2. The summed E-state index contributed by atoms with van der Waals surface area (Å²) in [5, 5.41) is 0. The molecule has 0 aliphatic heterocycles. The van der Waals surface area contributed by atoms with Gasteiger partial charge in [-0.15, -0.1) is 0 Å². The van der Waals surface area contributed by atoms with Crippen LogP contribution in [0.1, 0.15) is 13.8 Å². The third-order valence-electron chi connectivity index (χ3n) is 3.09. The molecule has 0 aromatic heterocycles. The average Bonchev–Trinajstić information content (AvgIpc) is 2.53. The predicted molar refractivity (Wildman–Crippen MR) is 88.6 cm³/mol. The van der Waals surface area contributed by atoms with Gasteiger partial charge in [-0.3, -0.25) is 9.10 Å². The summed E-state index contributed by atoms with van der Waals surface area (Å²) in [6.07, 6.45) is -0.358. The number of ether oxygens (including phenoxy) is 1. The van der Waals surface area contributed by atoms with Gasteiger partial charge in [0.2, 0.25) is 0 Å². The number of carbonyl (C=O) groups excluding carboxylic acids is 1. The third-order valence-corrected chi connectivity index (χ3v) is 4.87. The molecule has 0 heterocycles. The summed E-state index contributed by atoms with van der Waals surface area (Å²) >= 11 is 0. The van der Waals surface area contributed by atoms with E-state index in [1.165, 1.54) is 0 Å². The van der Waals surface area contributed by atoms with E-state index in [4.69, 9.17) is 4.74 Å². The summed E-state index contributed by atoms with van der Waals surface area (Å²) < 4.78 is 44.8. The maximum absolute atomic E-state index is 13.1. The normalized spacial score (nSPS) is 11.3. The maximum atomic E-state index is 13.1. The van der Waals surface area contributed by atoms with E-state index in [1.54, 1.807) is 44.2 Å². The number of para-hydroxylation sites is 1. The fourth-order valence-corrected chi connectivity index (χ4v) is 3.47. The second-order valence-electron chi connectivity index (χ2n) is 5.34. The maximum Gasteiger partial charge on any atom is 0.327 e. The summed E-state index contributed by atoms with van der Waals surface area (Å²) in [5.41, 5.74) is 0.322. The SMILES string of the molecule is CC(C)OC(=O)CN(c1ccccc1)S(=O)(=O)c1ccc(F)cc1. The van der Waals surface area contributed by atoms with Crippen molar-refractivity contribution >= 4 is 21.7 Å². The standard InChI is InChI=1S/C17H18FNO4S/c1-13(2)23-17(20)12-19(15-6-4-3-5-7-15)24(21,22)16-10-8-14(18)9-11-16/h3-11,13H,12H2,1-2H3. The van der Waals surface area contributed by atoms with Crippen LogP contribution >= 0.6 is 0 Å². The van der Waals surface area contributed by atoms with E-state index >= 15 is 0 Å². The van der Waals surface area contributed by atoms with Gasteiger partial charge in [-0.05, 0) is 50.2 Å². The topological polar surface area (TPSA) is 63.7 Å². The summed E-state index contributed by atoms with van der Waals surface area (Å²) in [4.78, 5) is 11.9. The highest BCUT2D eigenvalue weighted by Crippen LogP contribution is 2.23. The molecule has 2 aromatic carbocycles. The van der Waals surface area contributed by atoms with Crippen molar-refractivity contribution in [1.82, 2.24) is 0 Å². The van der Waals surface area contributed by atoms with Crippen LogP contribution in [-0.4, -0.2) is 27.0 Å². The fraction of sp³-hybridized carbons (Fsp3) is 0.235. The van der Waals surface area contributed by atoms with Gasteiger partial charge in [0, 0.05) is 0 Å². The van der Waals surface area contributed by atoms with Crippen LogP contribution in [0.4, 0.5) is 10.1 Å². The van der Waals surface area contributed by atoms with Gasteiger partial charge >= 0.3 is 5.97 Å². The molecule has 0 atom stereocenters.